The van der Waals surface area contributed by atoms with Gasteiger partial charge in [0.25, 0.3) is 5.91 Å². The zero-order valence-corrected chi connectivity index (χ0v) is 26.3. The van der Waals surface area contributed by atoms with Crippen LogP contribution in [0.4, 0.5) is 5.13 Å². The summed E-state index contributed by atoms with van der Waals surface area (Å²) in [7, 11) is -3.67. The van der Waals surface area contributed by atoms with Crippen LogP contribution >= 0.6 is 11.3 Å². The predicted octanol–water partition coefficient (Wildman–Crippen LogP) is 6.20. The third kappa shape index (κ3) is 7.45. The average molecular weight is 573 g/mol. The smallest absolute Gasteiger partial charge is 0.260 e. The highest BCUT2D eigenvalue weighted by Gasteiger charge is 2.27. The van der Waals surface area contributed by atoms with E-state index in [0.717, 1.165) is 35.4 Å². The summed E-state index contributed by atoms with van der Waals surface area (Å²) in [5.74, 6) is 0.237. The van der Waals surface area contributed by atoms with Gasteiger partial charge < -0.3 is 4.90 Å². The topological polar surface area (TPSA) is 73.8 Å². The number of fused-ring (bicyclic) bond motifs is 1. The Morgan fingerprint density at radius 1 is 0.897 bits per heavy atom. The van der Waals surface area contributed by atoms with E-state index in [1.165, 1.54) is 16.9 Å². The number of thiazole rings is 1. The van der Waals surface area contributed by atoms with Gasteiger partial charge in [-0.3, -0.25) is 9.69 Å². The number of hydrogen-bond acceptors (Lipinski definition) is 6. The molecule has 7 nitrogen and oxygen atoms in total. The van der Waals surface area contributed by atoms with E-state index >= 15 is 0 Å². The Morgan fingerprint density at radius 3 is 2.03 bits per heavy atom. The number of aryl methyl sites for hydroxylation is 2. The van der Waals surface area contributed by atoms with Crippen LogP contribution in [0, 0.1) is 25.7 Å². The Hall–Kier alpha value is -2.33. The highest BCUT2D eigenvalue weighted by molar-refractivity contribution is 7.89. The third-order valence-corrected chi connectivity index (χ3v) is 9.85. The van der Waals surface area contributed by atoms with E-state index in [1.54, 1.807) is 33.5 Å². The minimum absolute atomic E-state index is 0.180. The normalized spacial score (nSPS) is 12.4. The van der Waals surface area contributed by atoms with E-state index in [4.69, 9.17) is 4.98 Å². The summed E-state index contributed by atoms with van der Waals surface area (Å²) in [6.07, 6.45) is 0. The molecule has 3 aromatic rings. The molecule has 0 bridgehead atoms. The zero-order valence-electron chi connectivity index (χ0n) is 24.7. The van der Waals surface area contributed by atoms with Crippen LogP contribution < -0.4 is 4.90 Å². The Labute approximate surface area is 238 Å². The Bertz CT molecular complexity index is 1350. The van der Waals surface area contributed by atoms with Crippen molar-refractivity contribution in [3.8, 4) is 0 Å². The van der Waals surface area contributed by atoms with Crippen molar-refractivity contribution in [1.29, 1.82) is 0 Å². The summed E-state index contributed by atoms with van der Waals surface area (Å²) in [5, 5.41) is 0.660. The molecule has 1 aromatic heterocycles. The Morgan fingerprint density at radius 2 is 1.49 bits per heavy atom. The number of benzene rings is 2. The standard InChI is InChI=1S/C30H44N4O3S2/c1-9-32(10-2)17-18-34(30-31-28-24(8)23(7)11-16-27(28)38-30)29(35)25-12-14-26(15-13-25)39(36,37)33(19-21(3)4)20-22(5)6/h11-16,21-22H,9-10,17-20H2,1-8H3. The van der Waals surface area contributed by atoms with E-state index in [2.05, 4.69) is 44.7 Å². The van der Waals surface area contributed by atoms with Gasteiger partial charge in [0.1, 0.15) is 0 Å². The quantitative estimate of drug-likeness (QED) is 0.244. The van der Waals surface area contributed by atoms with Gasteiger partial charge in [-0.25, -0.2) is 13.4 Å². The summed E-state index contributed by atoms with van der Waals surface area (Å²) in [5.41, 5.74) is 3.65. The first kappa shape index (κ1) is 31.2. The predicted molar refractivity (Wildman–Crippen MR) is 163 cm³/mol. The summed E-state index contributed by atoms with van der Waals surface area (Å²) in [4.78, 5) is 23.0. The lowest BCUT2D eigenvalue weighted by molar-refractivity contribution is 0.0983. The van der Waals surface area contributed by atoms with Gasteiger partial charge in [-0.2, -0.15) is 4.31 Å². The van der Waals surface area contributed by atoms with E-state index in [9.17, 15) is 13.2 Å². The zero-order chi connectivity index (χ0) is 28.9. The molecule has 0 N–H and O–H groups in total. The van der Waals surface area contributed by atoms with Crippen LogP contribution in [-0.4, -0.2) is 67.8 Å². The fourth-order valence-corrected chi connectivity index (χ4v) is 7.37. The van der Waals surface area contributed by atoms with Crippen LogP contribution in [0.1, 0.15) is 63.0 Å². The number of aromatic nitrogens is 1. The lowest BCUT2D eigenvalue weighted by Gasteiger charge is -2.26. The first-order chi connectivity index (χ1) is 18.4. The molecule has 0 aliphatic carbocycles. The lowest BCUT2D eigenvalue weighted by atomic mass is 10.1. The van der Waals surface area contributed by atoms with E-state index in [-0.39, 0.29) is 22.6 Å². The number of carbonyl (C=O) groups excluding carboxylic acids is 1. The van der Waals surface area contributed by atoms with Gasteiger partial charge in [-0.15, -0.1) is 0 Å². The van der Waals surface area contributed by atoms with Gasteiger partial charge >= 0.3 is 0 Å². The fraction of sp³-hybridized carbons (Fsp3) is 0.533. The summed E-state index contributed by atoms with van der Waals surface area (Å²) < 4.78 is 29.5. The third-order valence-electron chi connectivity index (χ3n) is 6.96. The maximum Gasteiger partial charge on any atom is 0.260 e. The molecular formula is C30H44N4O3S2. The Balaban J connectivity index is 1.96. The second-order valence-corrected chi connectivity index (χ2v) is 13.9. The number of amides is 1. The molecule has 1 amide bonds. The molecular weight excluding hydrogens is 528 g/mol. The van der Waals surface area contributed by atoms with Gasteiger partial charge in [-0.05, 0) is 80.2 Å². The second-order valence-electron chi connectivity index (χ2n) is 11.0. The maximum absolute atomic E-state index is 13.9. The molecule has 0 fully saturated rings. The van der Waals surface area contributed by atoms with Crippen LogP contribution in [0.3, 0.4) is 0 Å². The van der Waals surface area contributed by atoms with E-state index in [1.807, 2.05) is 27.7 Å². The van der Waals surface area contributed by atoms with Crippen LogP contribution in [0.25, 0.3) is 10.2 Å². The SMILES string of the molecule is CCN(CC)CCN(C(=O)c1ccc(S(=O)(=O)N(CC(C)C)CC(C)C)cc1)c1nc2c(C)c(C)ccc2s1. The van der Waals surface area contributed by atoms with Crippen molar-refractivity contribution in [3.05, 3.63) is 53.1 Å². The van der Waals surface area contributed by atoms with E-state index in [0.29, 0.717) is 30.3 Å². The van der Waals surface area contributed by atoms with Crippen molar-refractivity contribution in [2.24, 2.45) is 11.8 Å². The number of nitrogens with zero attached hydrogens (tertiary/aromatic N) is 4. The molecule has 0 aliphatic rings. The number of anilines is 1. The number of likely N-dealkylation sites (N-methyl/N-ethyl adjacent to an activating group) is 1. The number of rotatable bonds is 13. The lowest BCUT2D eigenvalue weighted by Crippen LogP contribution is -2.39. The van der Waals surface area contributed by atoms with Gasteiger partial charge in [0.15, 0.2) is 5.13 Å². The molecule has 0 saturated heterocycles. The molecule has 1 heterocycles. The van der Waals surface area contributed by atoms with Crippen LogP contribution in [-0.2, 0) is 10.0 Å². The summed E-state index contributed by atoms with van der Waals surface area (Å²) >= 11 is 1.51. The molecule has 214 valence electrons. The van der Waals surface area contributed by atoms with Crippen molar-refractivity contribution >= 4 is 42.6 Å². The van der Waals surface area contributed by atoms with Crippen molar-refractivity contribution in [2.75, 3.05) is 44.2 Å². The maximum atomic E-state index is 13.9. The first-order valence-corrected chi connectivity index (χ1v) is 16.2. The number of sulfonamides is 1. The van der Waals surface area contributed by atoms with E-state index < -0.39 is 10.0 Å². The second kappa shape index (κ2) is 13.4. The molecule has 0 atom stereocenters. The minimum Gasteiger partial charge on any atom is -0.302 e. The van der Waals surface area contributed by atoms with Crippen molar-refractivity contribution < 1.29 is 13.2 Å². The van der Waals surface area contributed by atoms with Crippen molar-refractivity contribution in [3.63, 3.8) is 0 Å². The molecule has 2 aromatic carbocycles. The number of hydrogen-bond donors (Lipinski definition) is 0. The van der Waals surface area contributed by atoms with Gasteiger partial charge in [0.05, 0.1) is 15.1 Å². The first-order valence-electron chi connectivity index (χ1n) is 13.9. The molecule has 0 saturated carbocycles. The molecule has 9 heteroatoms. The largest absolute Gasteiger partial charge is 0.302 e. The van der Waals surface area contributed by atoms with Crippen molar-refractivity contribution in [2.45, 2.75) is 60.3 Å². The molecule has 0 radical (unpaired) electrons. The van der Waals surface area contributed by atoms with Gasteiger partial charge in [0.2, 0.25) is 10.0 Å². The minimum atomic E-state index is -3.67. The average Bonchev–Trinajstić information content (AvgIpc) is 3.32. The summed E-state index contributed by atoms with van der Waals surface area (Å²) in [6, 6.07) is 10.5. The van der Waals surface area contributed by atoms with Crippen LogP contribution in [0.5, 0.6) is 0 Å². The number of carbonyl (C=O) groups is 1. The molecule has 3 rings (SSSR count). The molecule has 0 aliphatic heterocycles. The Kier molecular flexibility index (Phi) is 10.7. The van der Waals surface area contributed by atoms with Crippen molar-refractivity contribution in [1.82, 2.24) is 14.2 Å². The highest BCUT2D eigenvalue weighted by atomic mass is 32.2. The molecule has 0 spiro atoms. The van der Waals surface area contributed by atoms with Crippen LogP contribution in [0.2, 0.25) is 0 Å². The summed E-state index contributed by atoms with van der Waals surface area (Å²) in [6.45, 7) is 20.3. The van der Waals surface area contributed by atoms with Crippen LogP contribution in [0.15, 0.2) is 41.3 Å². The highest BCUT2D eigenvalue weighted by Crippen LogP contribution is 2.33. The fourth-order valence-electron chi connectivity index (χ4n) is 4.55. The molecule has 0 unspecified atom stereocenters. The molecule has 39 heavy (non-hydrogen) atoms. The van der Waals surface area contributed by atoms with Gasteiger partial charge in [0, 0.05) is 31.7 Å². The monoisotopic (exact) mass is 572 g/mol. The van der Waals surface area contributed by atoms with Gasteiger partial charge in [-0.1, -0.05) is 58.9 Å².